The van der Waals surface area contributed by atoms with Gasteiger partial charge in [0.2, 0.25) is 0 Å². The average molecular weight is 507 g/mol. The minimum absolute atomic E-state index is 0.202. The molecule has 4 aromatic rings. The van der Waals surface area contributed by atoms with Crippen LogP contribution in [0.2, 0.25) is 0 Å². The number of hydrogen-bond acceptors (Lipinski definition) is 8. The van der Waals surface area contributed by atoms with Crippen LogP contribution in [-0.4, -0.2) is 28.1 Å². The van der Waals surface area contributed by atoms with Crippen molar-refractivity contribution in [2.24, 2.45) is 5.10 Å². The molecule has 0 aliphatic carbocycles. The molecule has 1 aromatic heterocycles. The first-order chi connectivity index (χ1) is 16.7. The van der Waals surface area contributed by atoms with Crippen molar-refractivity contribution in [3.63, 3.8) is 0 Å². The number of amides is 1. The standard InChI is InChI=1S/C25H22N4O2S3/c30-23(18-33-25-29-28-24(34-25)32-17-20-10-5-2-6-11-20)27-26-15-21-12-7-13-22(14-21)31-16-19-8-3-1-4-9-19/h1-15H,16-18H2,(H,27,30)/b26-15+. The smallest absolute Gasteiger partial charge is 0.250 e. The van der Waals surface area contributed by atoms with Crippen molar-refractivity contribution in [3.05, 3.63) is 102 Å². The molecule has 3 aromatic carbocycles. The molecule has 0 fully saturated rings. The van der Waals surface area contributed by atoms with Crippen LogP contribution in [0.25, 0.3) is 0 Å². The van der Waals surface area contributed by atoms with Crippen LogP contribution >= 0.6 is 34.9 Å². The first kappa shape index (κ1) is 24.0. The van der Waals surface area contributed by atoms with Gasteiger partial charge in [0.15, 0.2) is 8.68 Å². The Hall–Kier alpha value is -3.14. The highest BCUT2D eigenvalue weighted by molar-refractivity contribution is 8.03. The van der Waals surface area contributed by atoms with Gasteiger partial charge in [0, 0.05) is 5.75 Å². The number of nitrogens with one attached hydrogen (secondary N) is 1. The monoisotopic (exact) mass is 506 g/mol. The molecule has 0 aliphatic rings. The van der Waals surface area contributed by atoms with Crippen LogP contribution in [0.15, 0.2) is 98.7 Å². The van der Waals surface area contributed by atoms with Gasteiger partial charge in [0.05, 0.1) is 12.0 Å². The molecule has 0 radical (unpaired) electrons. The highest BCUT2D eigenvalue weighted by Crippen LogP contribution is 2.30. The molecule has 0 saturated carbocycles. The van der Waals surface area contributed by atoms with Crippen LogP contribution < -0.4 is 10.2 Å². The van der Waals surface area contributed by atoms with Crippen LogP contribution in [-0.2, 0) is 17.2 Å². The quantitative estimate of drug-likeness (QED) is 0.161. The Kier molecular flexibility index (Phi) is 9.13. The van der Waals surface area contributed by atoms with Crippen molar-refractivity contribution < 1.29 is 9.53 Å². The Balaban J connectivity index is 1.18. The van der Waals surface area contributed by atoms with Crippen molar-refractivity contribution >= 4 is 47.0 Å². The Bertz CT molecular complexity index is 1220. The van der Waals surface area contributed by atoms with Crippen molar-refractivity contribution in [2.75, 3.05) is 5.75 Å². The third-order valence-corrected chi connectivity index (χ3v) is 7.69. The zero-order valence-electron chi connectivity index (χ0n) is 18.2. The highest BCUT2D eigenvalue weighted by Gasteiger charge is 2.08. The number of benzene rings is 3. The van der Waals surface area contributed by atoms with Gasteiger partial charge in [0.1, 0.15) is 12.4 Å². The summed E-state index contributed by atoms with van der Waals surface area (Å²) in [5, 5.41) is 12.4. The zero-order valence-corrected chi connectivity index (χ0v) is 20.6. The van der Waals surface area contributed by atoms with E-state index in [0.717, 1.165) is 31.3 Å². The largest absolute Gasteiger partial charge is 0.489 e. The second-order valence-electron chi connectivity index (χ2n) is 7.04. The summed E-state index contributed by atoms with van der Waals surface area (Å²) < 4.78 is 7.48. The second-order valence-corrected chi connectivity index (χ2v) is 10.5. The van der Waals surface area contributed by atoms with Crippen molar-refractivity contribution in [2.45, 2.75) is 21.0 Å². The summed E-state index contributed by atoms with van der Waals surface area (Å²) >= 11 is 4.48. The van der Waals surface area contributed by atoms with E-state index in [-0.39, 0.29) is 11.7 Å². The van der Waals surface area contributed by atoms with Crippen molar-refractivity contribution in [3.8, 4) is 5.75 Å². The SMILES string of the molecule is O=C(CSc1nnc(SCc2ccccc2)s1)N/N=C/c1cccc(OCc2ccccc2)c1. The van der Waals surface area contributed by atoms with E-state index in [0.29, 0.717) is 6.61 Å². The van der Waals surface area contributed by atoms with Crippen molar-refractivity contribution in [1.82, 2.24) is 15.6 Å². The summed E-state index contributed by atoms with van der Waals surface area (Å²) in [6, 6.07) is 27.8. The molecule has 1 amide bonds. The van der Waals surface area contributed by atoms with Gasteiger partial charge in [-0.25, -0.2) is 5.43 Å². The lowest BCUT2D eigenvalue weighted by atomic mass is 10.2. The average Bonchev–Trinajstić information content (AvgIpc) is 3.34. The van der Waals surface area contributed by atoms with Crippen LogP contribution in [0, 0.1) is 0 Å². The van der Waals surface area contributed by atoms with E-state index in [4.69, 9.17) is 4.74 Å². The molecular weight excluding hydrogens is 485 g/mol. The molecule has 0 aliphatic heterocycles. The number of ether oxygens (including phenoxy) is 1. The molecule has 34 heavy (non-hydrogen) atoms. The van der Waals surface area contributed by atoms with Crippen LogP contribution in [0.4, 0.5) is 0 Å². The fraction of sp³-hybridized carbons (Fsp3) is 0.120. The molecule has 9 heteroatoms. The van der Waals surface area contributed by atoms with E-state index >= 15 is 0 Å². The maximum absolute atomic E-state index is 12.1. The van der Waals surface area contributed by atoms with E-state index in [1.54, 1.807) is 18.0 Å². The van der Waals surface area contributed by atoms with Gasteiger partial charge in [-0.2, -0.15) is 5.10 Å². The topological polar surface area (TPSA) is 76.5 Å². The number of carbonyl (C=O) groups is 1. The van der Waals surface area contributed by atoms with E-state index < -0.39 is 0 Å². The summed E-state index contributed by atoms with van der Waals surface area (Å²) in [4.78, 5) is 12.1. The van der Waals surface area contributed by atoms with E-state index in [9.17, 15) is 4.79 Å². The van der Waals surface area contributed by atoms with Gasteiger partial charge in [-0.1, -0.05) is 108 Å². The molecule has 0 unspecified atom stereocenters. The van der Waals surface area contributed by atoms with E-state index in [1.807, 2.05) is 72.8 Å². The Labute approximate surface area is 210 Å². The van der Waals surface area contributed by atoms with Crippen LogP contribution in [0.1, 0.15) is 16.7 Å². The summed E-state index contributed by atoms with van der Waals surface area (Å²) in [5.74, 6) is 1.60. The van der Waals surface area contributed by atoms with Crippen molar-refractivity contribution in [1.29, 1.82) is 0 Å². The number of carbonyl (C=O) groups excluding carboxylic acids is 1. The predicted molar refractivity (Wildman–Crippen MR) is 140 cm³/mol. The molecule has 6 nitrogen and oxygen atoms in total. The maximum atomic E-state index is 12.1. The molecule has 0 saturated heterocycles. The summed E-state index contributed by atoms with van der Waals surface area (Å²) in [6.45, 7) is 0.494. The number of rotatable bonds is 11. The zero-order chi connectivity index (χ0) is 23.4. The highest BCUT2D eigenvalue weighted by atomic mass is 32.2. The normalized spacial score (nSPS) is 10.9. The number of nitrogens with zero attached hydrogens (tertiary/aromatic N) is 3. The lowest BCUT2D eigenvalue weighted by molar-refractivity contribution is -0.118. The Morgan fingerprint density at radius 2 is 1.62 bits per heavy atom. The van der Waals surface area contributed by atoms with Crippen LogP contribution in [0.3, 0.4) is 0 Å². The first-order valence-corrected chi connectivity index (χ1v) is 13.2. The maximum Gasteiger partial charge on any atom is 0.250 e. The van der Waals surface area contributed by atoms with Gasteiger partial charge < -0.3 is 4.74 Å². The molecule has 1 heterocycles. The third-order valence-electron chi connectivity index (χ3n) is 4.43. The lowest BCUT2D eigenvalue weighted by Gasteiger charge is -2.06. The van der Waals surface area contributed by atoms with Gasteiger partial charge in [-0.05, 0) is 28.8 Å². The summed E-state index contributed by atoms with van der Waals surface area (Å²) in [6.07, 6.45) is 1.60. The van der Waals surface area contributed by atoms with E-state index in [1.165, 1.54) is 28.7 Å². The fourth-order valence-corrected chi connectivity index (χ4v) is 5.57. The fourth-order valence-electron chi connectivity index (χ4n) is 2.80. The molecule has 0 atom stereocenters. The van der Waals surface area contributed by atoms with Gasteiger partial charge >= 0.3 is 0 Å². The minimum atomic E-state index is -0.202. The lowest BCUT2D eigenvalue weighted by Crippen LogP contribution is -2.19. The van der Waals surface area contributed by atoms with Gasteiger partial charge in [0.25, 0.3) is 5.91 Å². The Morgan fingerprint density at radius 3 is 2.38 bits per heavy atom. The summed E-state index contributed by atoms with van der Waals surface area (Å²) in [7, 11) is 0. The third kappa shape index (κ3) is 8.02. The Morgan fingerprint density at radius 1 is 0.912 bits per heavy atom. The molecule has 0 spiro atoms. The molecule has 0 bridgehead atoms. The van der Waals surface area contributed by atoms with Gasteiger partial charge in [-0.3, -0.25) is 4.79 Å². The number of thioether (sulfide) groups is 2. The number of aromatic nitrogens is 2. The number of hydrogen-bond donors (Lipinski definition) is 1. The van der Waals surface area contributed by atoms with E-state index in [2.05, 4.69) is 32.9 Å². The minimum Gasteiger partial charge on any atom is -0.489 e. The second kappa shape index (κ2) is 12.9. The molecule has 172 valence electrons. The molecule has 4 rings (SSSR count). The molecular formula is C25H22N4O2S3. The van der Waals surface area contributed by atoms with Crippen LogP contribution in [0.5, 0.6) is 5.75 Å². The molecule has 1 N–H and O–H groups in total. The predicted octanol–water partition coefficient (Wildman–Crippen LogP) is 5.65. The first-order valence-electron chi connectivity index (χ1n) is 10.5. The van der Waals surface area contributed by atoms with Gasteiger partial charge in [-0.15, -0.1) is 10.2 Å². The summed E-state index contributed by atoms with van der Waals surface area (Å²) in [5.41, 5.74) is 5.73. The number of hydrazone groups is 1.